The number of imide groups is 1. The second-order valence-electron chi connectivity index (χ2n) is 4.07. The van der Waals surface area contributed by atoms with Crippen LogP contribution in [0, 0.1) is 5.92 Å². The average Bonchev–Trinajstić information content (AvgIpc) is 2.18. The van der Waals surface area contributed by atoms with Crippen molar-refractivity contribution in [2.75, 3.05) is 0 Å². The molecule has 0 spiro atoms. The highest BCUT2D eigenvalue weighted by molar-refractivity contribution is 8.02. The van der Waals surface area contributed by atoms with E-state index in [1.807, 2.05) is 6.92 Å². The molecule has 0 aromatic rings. The number of nitrogens with one attached hydrogen (secondary N) is 1. The Morgan fingerprint density at radius 2 is 2.00 bits per heavy atom. The zero-order chi connectivity index (χ0) is 11.4. The molecule has 2 amide bonds. The van der Waals surface area contributed by atoms with E-state index < -0.39 is 0 Å². The molecule has 86 valence electrons. The van der Waals surface area contributed by atoms with Crippen molar-refractivity contribution >= 4 is 23.6 Å². The Kier molecular flexibility index (Phi) is 4.64. The molecule has 3 atom stereocenters. The van der Waals surface area contributed by atoms with E-state index >= 15 is 0 Å². The largest absolute Gasteiger partial charge is 0.295 e. The minimum atomic E-state index is -0.118. The van der Waals surface area contributed by atoms with E-state index in [0.717, 1.165) is 19.3 Å². The van der Waals surface area contributed by atoms with E-state index in [9.17, 15) is 9.59 Å². The van der Waals surface area contributed by atoms with E-state index in [1.165, 1.54) is 11.8 Å². The minimum Gasteiger partial charge on any atom is -0.295 e. The number of thioether (sulfide) groups is 1. The van der Waals surface area contributed by atoms with Crippen LogP contribution in [0.4, 0.5) is 0 Å². The predicted octanol–water partition coefficient (Wildman–Crippen LogP) is 1.96. The second-order valence-corrected chi connectivity index (χ2v) is 5.42. The van der Waals surface area contributed by atoms with Crippen LogP contribution in [0.3, 0.4) is 0 Å². The van der Waals surface area contributed by atoms with Gasteiger partial charge in [0.1, 0.15) is 0 Å². The fourth-order valence-electron chi connectivity index (χ4n) is 1.85. The molecule has 0 radical (unpaired) electrons. The lowest BCUT2D eigenvalue weighted by molar-refractivity contribution is -0.131. The molecule has 0 saturated carbocycles. The number of rotatable bonds is 4. The van der Waals surface area contributed by atoms with Gasteiger partial charge in [0, 0.05) is 0 Å². The summed E-state index contributed by atoms with van der Waals surface area (Å²) in [5.74, 6) is 0.130. The zero-order valence-electron chi connectivity index (χ0n) is 9.58. The Morgan fingerprint density at radius 1 is 1.33 bits per heavy atom. The minimum absolute atomic E-state index is 0.0485. The van der Waals surface area contributed by atoms with Crippen LogP contribution in [0.25, 0.3) is 0 Å². The second kappa shape index (κ2) is 5.54. The van der Waals surface area contributed by atoms with Crippen molar-refractivity contribution in [1.82, 2.24) is 5.32 Å². The lowest BCUT2D eigenvalue weighted by Crippen LogP contribution is -2.50. The van der Waals surface area contributed by atoms with E-state index in [4.69, 9.17) is 0 Å². The standard InChI is InChI=1S/C11H19NO2S/c1-4-6-7(3)9-11(14)12-10(13)8(5-2)15-9/h7-9H,4-6H2,1-3H3,(H,12,13,14)/t7-,8-,9-/m0/s1. The molecule has 3 nitrogen and oxygen atoms in total. The van der Waals surface area contributed by atoms with Crippen LogP contribution in [-0.4, -0.2) is 22.3 Å². The van der Waals surface area contributed by atoms with Crippen LogP contribution in [0.2, 0.25) is 0 Å². The van der Waals surface area contributed by atoms with Crippen molar-refractivity contribution in [3.05, 3.63) is 0 Å². The molecule has 0 aromatic heterocycles. The smallest absolute Gasteiger partial charge is 0.239 e. The lowest BCUT2D eigenvalue weighted by Gasteiger charge is -2.30. The van der Waals surface area contributed by atoms with E-state index in [1.54, 1.807) is 0 Å². The van der Waals surface area contributed by atoms with Crippen LogP contribution >= 0.6 is 11.8 Å². The quantitative estimate of drug-likeness (QED) is 0.750. The van der Waals surface area contributed by atoms with Crippen molar-refractivity contribution in [2.24, 2.45) is 5.92 Å². The molecule has 1 saturated heterocycles. The first kappa shape index (κ1) is 12.6. The highest BCUT2D eigenvalue weighted by atomic mass is 32.2. The van der Waals surface area contributed by atoms with E-state index in [-0.39, 0.29) is 22.3 Å². The van der Waals surface area contributed by atoms with Gasteiger partial charge in [0.25, 0.3) is 0 Å². The Hall–Kier alpha value is -0.510. The Bertz CT molecular complexity index is 255. The van der Waals surface area contributed by atoms with Gasteiger partial charge < -0.3 is 0 Å². The highest BCUT2D eigenvalue weighted by Crippen LogP contribution is 2.31. The topological polar surface area (TPSA) is 46.2 Å². The Morgan fingerprint density at radius 3 is 2.53 bits per heavy atom. The summed E-state index contributed by atoms with van der Waals surface area (Å²) in [6.07, 6.45) is 2.91. The summed E-state index contributed by atoms with van der Waals surface area (Å²) in [5, 5.41) is 2.37. The molecule has 0 unspecified atom stereocenters. The molecule has 1 N–H and O–H groups in total. The monoisotopic (exact) mass is 229 g/mol. The van der Waals surface area contributed by atoms with Crippen LogP contribution in [0.1, 0.15) is 40.0 Å². The molecule has 1 fully saturated rings. The van der Waals surface area contributed by atoms with Gasteiger partial charge in [-0.3, -0.25) is 14.9 Å². The van der Waals surface area contributed by atoms with Gasteiger partial charge >= 0.3 is 0 Å². The maximum atomic E-state index is 11.6. The molecule has 4 heteroatoms. The molecule has 0 aliphatic carbocycles. The highest BCUT2D eigenvalue weighted by Gasteiger charge is 2.36. The molecule has 1 aliphatic rings. The maximum absolute atomic E-state index is 11.6. The van der Waals surface area contributed by atoms with E-state index in [0.29, 0.717) is 5.92 Å². The fourth-order valence-corrected chi connectivity index (χ4v) is 3.17. The van der Waals surface area contributed by atoms with Crippen molar-refractivity contribution in [3.63, 3.8) is 0 Å². The Labute approximate surface area is 95.4 Å². The first-order valence-electron chi connectivity index (χ1n) is 5.60. The third-order valence-electron chi connectivity index (χ3n) is 2.74. The molecule has 1 heterocycles. The predicted molar refractivity (Wildman–Crippen MR) is 62.7 cm³/mol. The normalized spacial score (nSPS) is 28.7. The molecule has 0 aromatic carbocycles. The van der Waals surface area contributed by atoms with Crippen LogP contribution in [0.5, 0.6) is 0 Å². The summed E-state index contributed by atoms with van der Waals surface area (Å²) in [6.45, 7) is 6.18. The lowest BCUT2D eigenvalue weighted by atomic mass is 10.0. The van der Waals surface area contributed by atoms with Crippen molar-refractivity contribution in [2.45, 2.75) is 50.5 Å². The average molecular weight is 229 g/mol. The number of amides is 2. The summed E-state index contributed by atoms with van der Waals surface area (Å²) >= 11 is 1.53. The first-order valence-corrected chi connectivity index (χ1v) is 6.54. The van der Waals surface area contributed by atoms with Crippen LogP contribution in [-0.2, 0) is 9.59 Å². The summed E-state index contributed by atoms with van der Waals surface area (Å²) in [4.78, 5) is 23.0. The summed E-state index contributed by atoms with van der Waals surface area (Å²) in [5.41, 5.74) is 0. The van der Waals surface area contributed by atoms with Gasteiger partial charge in [0.15, 0.2) is 0 Å². The van der Waals surface area contributed by atoms with Gasteiger partial charge in [-0.1, -0.05) is 27.2 Å². The van der Waals surface area contributed by atoms with Gasteiger partial charge in [-0.15, -0.1) is 11.8 Å². The van der Waals surface area contributed by atoms with Crippen molar-refractivity contribution < 1.29 is 9.59 Å². The molecular weight excluding hydrogens is 210 g/mol. The number of carbonyl (C=O) groups is 2. The van der Waals surface area contributed by atoms with Crippen molar-refractivity contribution in [3.8, 4) is 0 Å². The number of hydrogen-bond donors (Lipinski definition) is 1. The first-order chi connectivity index (χ1) is 7.10. The third-order valence-corrected chi connectivity index (χ3v) is 4.59. The third kappa shape index (κ3) is 2.97. The van der Waals surface area contributed by atoms with Gasteiger partial charge in [-0.25, -0.2) is 0 Å². The fraction of sp³-hybridized carbons (Fsp3) is 0.818. The maximum Gasteiger partial charge on any atom is 0.239 e. The number of carbonyl (C=O) groups excluding carboxylic acids is 2. The molecule has 1 aliphatic heterocycles. The van der Waals surface area contributed by atoms with Crippen LogP contribution in [0.15, 0.2) is 0 Å². The van der Waals surface area contributed by atoms with Gasteiger partial charge in [-0.05, 0) is 18.8 Å². The zero-order valence-corrected chi connectivity index (χ0v) is 10.4. The van der Waals surface area contributed by atoms with Crippen molar-refractivity contribution in [1.29, 1.82) is 0 Å². The summed E-state index contributed by atoms with van der Waals surface area (Å²) < 4.78 is 0. The van der Waals surface area contributed by atoms with E-state index in [2.05, 4.69) is 19.2 Å². The molecular formula is C11H19NO2S. The SMILES string of the molecule is CCC[C@H](C)[C@@H]1S[C@@H](CC)C(=O)NC1=O. The number of hydrogen-bond acceptors (Lipinski definition) is 3. The molecule has 15 heavy (non-hydrogen) atoms. The van der Waals surface area contributed by atoms with Gasteiger partial charge in [-0.2, -0.15) is 0 Å². The summed E-state index contributed by atoms with van der Waals surface area (Å²) in [6, 6.07) is 0. The van der Waals surface area contributed by atoms with Gasteiger partial charge in [0.2, 0.25) is 11.8 Å². The molecule has 1 rings (SSSR count). The Balaban J connectivity index is 2.64. The summed E-state index contributed by atoms with van der Waals surface area (Å²) in [7, 11) is 0. The van der Waals surface area contributed by atoms with Crippen LogP contribution < -0.4 is 5.32 Å². The molecule has 0 bridgehead atoms. The van der Waals surface area contributed by atoms with Gasteiger partial charge in [0.05, 0.1) is 10.5 Å².